The lowest BCUT2D eigenvalue weighted by Gasteiger charge is -2.13. The minimum absolute atomic E-state index is 0.0898. The van der Waals surface area contributed by atoms with Crippen molar-refractivity contribution in [2.75, 3.05) is 25.6 Å². The van der Waals surface area contributed by atoms with Crippen LogP contribution in [0.4, 0.5) is 5.82 Å². The van der Waals surface area contributed by atoms with E-state index in [0.29, 0.717) is 36.0 Å². The van der Waals surface area contributed by atoms with Gasteiger partial charge in [0, 0.05) is 6.07 Å². The number of aromatic nitrogens is 1. The molecule has 1 N–H and O–H groups in total. The smallest absolute Gasteiger partial charge is 0.267 e. The number of rotatable bonds is 9. The topological polar surface area (TPSA) is 107 Å². The first-order valence-electron chi connectivity index (χ1n) is 9.86. The second kappa shape index (κ2) is 10.7. The molecule has 0 saturated heterocycles. The summed E-state index contributed by atoms with van der Waals surface area (Å²) in [5.74, 6) is 2.01. The quantitative estimate of drug-likeness (QED) is 0.304. The zero-order valence-electron chi connectivity index (χ0n) is 18.0. The number of nitriles is 1. The standard InChI is InChI=1S/C24H23N3O5/c1-16-6-4-5-7-20(16)30-10-11-31-21-9-8-18(14-22(21)29-3)13-19(15-25)24(28)26-23-12-17(2)32-27-23/h4-9,12-14H,10-11H2,1-3H3,(H,26,27,28)/b19-13-. The molecule has 0 spiro atoms. The Morgan fingerprint density at radius 3 is 2.50 bits per heavy atom. The highest BCUT2D eigenvalue weighted by molar-refractivity contribution is 6.09. The number of anilines is 1. The molecule has 0 aliphatic carbocycles. The van der Waals surface area contributed by atoms with Crippen LogP contribution in [0.5, 0.6) is 17.2 Å². The van der Waals surface area contributed by atoms with Crippen LogP contribution in [0.3, 0.4) is 0 Å². The highest BCUT2D eigenvalue weighted by Crippen LogP contribution is 2.29. The minimum Gasteiger partial charge on any atom is -0.493 e. The van der Waals surface area contributed by atoms with Gasteiger partial charge in [-0.15, -0.1) is 0 Å². The summed E-state index contributed by atoms with van der Waals surface area (Å²) in [5, 5.41) is 15.6. The molecule has 1 aromatic heterocycles. The molecule has 0 saturated carbocycles. The van der Waals surface area contributed by atoms with Crippen LogP contribution in [0.15, 0.2) is 58.6 Å². The molecule has 1 amide bonds. The number of benzene rings is 2. The number of aryl methyl sites for hydroxylation is 2. The van der Waals surface area contributed by atoms with Crippen molar-refractivity contribution in [1.29, 1.82) is 5.26 Å². The zero-order valence-corrected chi connectivity index (χ0v) is 18.0. The Hall–Kier alpha value is -4.25. The summed E-state index contributed by atoms with van der Waals surface area (Å²) in [6, 6.07) is 16.3. The fourth-order valence-electron chi connectivity index (χ4n) is 2.84. The summed E-state index contributed by atoms with van der Waals surface area (Å²) in [5.41, 5.74) is 1.57. The van der Waals surface area contributed by atoms with Gasteiger partial charge >= 0.3 is 0 Å². The van der Waals surface area contributed by atoms with Crippen molar-refractivity contribution in [3.8, 4) is 23.3 Å². The maximum absolute atomic E-state index is 12.3. The van der Waals surface area contributed by atoms with E-state index >= 15 is 0 Å². The largest absolute Gasteiger partial charge is 0.493 e. The Balaban J connectivity index is 1.63. The van der Waals surface area contributed by atoms with Gasteiger partial charge in [-0.1, -0.05) is 29.4 Å². The lowest BCUT2D eigenvalue weighted by atomic mass is 10.1. The van der Waals surface area contributed by atoms with Crippen LogP contribution in [0.2, 0.25) is 0 Å². The highest BCUT2D eigenvalue weighted by atomic mass is 16.5. The summed E-state index contributed by atoms with van der Waals surface area (Å²) in [7, 11) is 1.52. The van der Waals surface area contributed by atoms with Crippen LogP contribution in [0.1, 0.15) is 16.9 Å². The average Bonchev–Trinajstić information content (AvgIpc) is 3.20. The highest BCUT2D eigenvalue weighted by Gasteiger charge is 2.13. The number of nitrogens with one attached hydrogen (secondary N) is 1. The second-order valence-corrected chi connectivity index (χ2v) is 6.82. The van der Waals surface area contributed by atoms with Gasteiger partial charge in [0.1, 0.15) is 36.4 Å². The van der Waals surface area contributed by atoms with Crippen LogP contribution in [-0.4, -0.2) is 31.4 Å². The molecule has 0 fully saturated rings. The van der Waals surface area contributed by atoms with E-state index in [1.165, 1.54) is 13.2 Å². The van der Waals surface area contributed by atoms with Gasteiger partial charge in [-0.3, -0.25) is 4.79 Å². The molecule has 0 radical (unpaired) electrons. The lowest BCUT2D eigenvalue weighted by molar-refractivity contribution is -0.112. The van der Waals surface area contributed by atoms with Crippen LogP contribution in [0, 0.1) is 25.2 Å². The lowest BCUT2D eigenvalue weighted by Crippen LogP contribution is -2.13. The molecule has 164 valence electrons. The molecule has 0 bridgehead atoms. The summed E-state index contributed by atoms with van der Waals surface area (Å²) in [4.78, 5) is 12.3. The zero-order chi connectivity index (χ0) is 22.9. The maximum atomic E-state index is 12.3. The number of carbonyl (C=O) groups excluding carboxylic acids is 1. The van der Waals surface area contributed by atoms with E-state index in [1.54, 1.807) is 31.2 Å². The number of ether oxygens (including phenoxy) is 3. The third kappa shape index (κ3) is 5.89. The van der Waals surface area contributed by atoms with Crippen LogP contribution < -0.4 is 19.5 Å². The van der Waals surface area contributed by atoms with E-state index in [-0.39, 0.29) is 11.4 Å². The average molecular weight is 433 g/mol. The molecule has 0 atom stereocenters. The maximum Gasteiger partial charge on any atom is 0.267 e. The minimum atomic E-state index is -0.589. The number of amides is 1. The SMILES string of the molecule is COc1cc(/C=C(/C#N)C(=O)Nc2cc(C)on2)ccc1OCCOc1ccccc1C. The predicted molar refractivity (Wildman–Crippen MR) is 119 cm³/mol. The van der Waals surface area contributed by atoms with Gasteiger partial charge in [0.25, 0.3) is 5.91 Å². The third-order valence-electron chi connectivity index (χ3n) is 4.43. The van der Waals surface area contributed by atoms with Crippen LogP contribution in [0.25, 0.3) is 6.08 Å². The molecular weight excluding hydrogens is 410 g/mol. The molecule has 1 heterocycles. The number of hydrogen-bond acceptors (Lipinski definition) is 7. The molecule has 0 unspecified atom stereocenters. The molecule has 3 rings (SSSR count). The monoisotopic (exact) mass is 433 g/mol. The Morgan fingerprint density at radius 1 is 1.09 bits per heavy atom. The molecule has 3 aromatic rings. The molecule has 0 aliphatic rings. The number of carbonyl (C=O) groups is 1. The summed E-state index contributed by atoms with van der Waals surface area (Å²) in [6.45, 7) is 4.38. The molecular formula is C24H23N3O5. The predicted octanol–water partition coefficient (Wildman–Crippen LogP) is 4.30. The van der Waals surface area contributed by atoms with Crippen molar-refractivity contribution in [3.05, 3.63) is 71.0 Å². The second-order valence-electron chi connectivity index (χ2n) is 6.82. The van der Waals surface area contributed by atoms with Gasteiger partial charge in [0.2, 0.25) is 0 Å². The molecule has 8 heteroatoms. The number of methoxy groups -OCH3 is 1. The molecule has 0 aliphatic heterocycles. The van der Waals surface area contributed by atoms with E-state index in [1.807, 2.05) is 37.3 Å². The van der Waals surface area contributed by atoms with Gasteiger partial charge in [0.15, 0.2) is 17.3 Å². The summed E-state index contributed by atoms with van der Waals surface area (Å²) < 4.78 is 21.8. The van der Waals surface area contributed by atoms with Crippen molar-refractivity contribution in [2.45, 2.75) is 13.8 Å². The Morgan fingerprint density at radius 2 is 1.84 bits per heavy atom. The first-order valence-corrected chi connectivity index (χ1v) is 9.86. The fourth-order valence-corrected chi connectivity index (χ4v) is 2.84. The molecule has 2 aromatic carbocycles. The molecule has 8 nitrogen and oxygen atoms in total. The number of nitrogens with zero attached hydrogens (tertiary/aromatic N) is 2. The first-order chi connectivity index (χ1) is 15.5. The molecule has 32 heavy (non-hydrogen) atoms. The van der Waals surface area contributed by atoms with Gasteiger partial charge in [-0.05, 0) is 49.2 Å². The Bertz CT molecular complexity index is 1160. The van der Waals surface area contributed by atoms with Crippen molar-refractivity contribution in [3.63, 3.8) is 0 Å². The van der Waals surface area contributed by atoms with Gasteiger partial charge in [-0.25, -0.2) is 0 Å². The number of hydrogen-bond donors (Lipinski definition) is 1. The van der Waals surface area contributed by atoms with E-state index in [9.17, 15) is 10.1 Å². The van der Waals surface area contributed by atoms with E-state index in [2.05, 4.69) is 10.5 Å². The van der Waals surface area contributed by atoms with Crippen molar-refractivity contribution in [2.24, 2.45) is 0 Å². The van der Waals surface area contributed by atoms with Crippen LogP contribution >= 0.6 is 0 Å². The van der Waals surface area contributed by atoms with Gasteiger partial charge in [0.05, 0.1) is 7.11 Å². The third-order valence-corrected chi connectivity index (χ3v) is 4.43. The normalized spacial score (nSPS) is 10.9. The van der Waals surface area contributed by atoms with E-state index in [4.69, 9.17) is 18.7 Å². The van der Waals surface area contributed by atoms with Crippen molar-refractivity contribution >= 4 is 17.8 Å². The van der Waals surface area contributed by atoms with Crippen molar-refractivity contribution < 1.29 is 23.5 Å². The summed E-state index contributed by atoms with van der Waals surface area (Å²) >= 11 is 0. The first kappa shape index (κ1) is 22.4. The number of para-hydroxylation sites is 1. The van der Waals surface area contributed by atoms with E-state index in [0.717, 1.165) is 11.3 Å². The van der Waals surface area contributed by atoms with Gasteiger partial charge in [-0.2, -0.15) is 5.26 Å². The fraction of sp³-hybridized carbons (Fsp3) is 0.208. The summed E-state index contributed by atoms with van der Waals surface area (Å²) in [6.07, 6.45) is 1.45. The van der Waals surface area contributed by atoms with Gasteiger partial charge < -0.3 is 24.1 Å². The Kier molecular flexibility index (Phi) is 7.49. The van der Waals surface area contributed by atoms with Crippen LogP contribution in [-0.2, 0) is 4.79 Å². The van der Waals surface area contributed by atoms with E-state index < -0.39 is 5.91 Å². The Labute approximate surface area is 186 Å². The van der Waals surface area contributed by atoms with Crippen molar-refractivity contribution in [1.82, 2.24) is 5.16 Å².